The number of phenols is 1. The van der Waals surface area contributed by atoms with Gasteiger partial charge in [-0.2, -0.15) is 5.26 Å². The van der Waals surface area contributed by atoms with Gasteiger partial charge in [-0.05, 0) is 79.3 Å². The van der Waals surface area contributed by atoms with Crippen LogP contribution in [0.25, 0.3) is 22.4 Å². The van der Waals surface area contributed by atoms with Crippen LogP contribution in [0.1, 0.15) is 72.9 Å². The van der Waals surface area contributed by atoms with Crippen LogP contribution in [-0.4, -0.2) is 95.9 Å². The molecule has 332 valence electrons. The van der Waals surface area contributed by atoms with E-state index < -0.39 is 53.7 Å². The summed E-state index contributed by atoms with van der Waals surface area (Å²) in [5, 5.41) is 30.9. The van der Waals surface area contributed by atoms with Gasteiger partial charge in [0.2, 0.25) is 23.6 Å². The van der Waals surface area contributed by atoms with Gasteiger partial charge in [0.05, 0.1) is 23.0 Å². The maximum Gasteiger partial charge on any atom is 0.255 e. The number of hydrogen-bond acceptors (Lipinski definition) is 12. The minimum atomic E-state index is -1.45. The number of nitrogen functional groups attached to an aromatic ring is 1. The number of amides is 5. The molecule has 1 aliphatic heterocycles. The number of rotatable bonds is 12. The number of nitrogens with zero attached hydrogens (tertiary/aromatic N) is 3. The molecule has 63 heavy (non-hydrogen) atoms. The normalized spacial score (nSPS) is 16.9. The van der Waals surface area contributed by atoms with Crippen molar-refractivity contribution in [1.29, 1.82) is 5.26 Å². The predicted octanol–water partition coefficient (Wildman–Crippen LogP) is 2.48. The van der Waals surface area contributed by atoms with E-state index in [9.17, 15) is 29.1 Å². The molecule has 0 radical (unpaired) electrons. The monoisotopic (exact) mass is 860 g/mol. The third-order valence-corrected chi connectivity index (χ3v) is 10.8. The summed E-state index contributed by atoms with van der Waals surface area (Å²) in [5.74, 6) is -3.42. The van der Waals surface area contributed by atoms with Gasteiger partial charge in [0.1, 0.15) is 48.8 Å². The Kier molecular flexibility index (Phi) is 15.1. The number of fused-ring (bicyclic) bond motifs is 5. The fourth-order valence-corrected chi connectivity index (χ4v) is 7.36. The van der Waals surface area contributed by atoms with Gasteiger partial charge in [-0.15, -0.1) is 0 Å². The van der Waals surface area contributed by atoms with E-state index in [1.54, 1.807) is 31.2 Å². The Labute approximate surface area is 366 Å². The number of ether oxygens (including phenoxy) is 1. The third kappa shape index (κ3) is 11.1. The molecular weight excluding hydrogens is 805 g/mol. The van der Waals surface area contributed by atoms with Gasteiger partial charge in [0.15, 0.2) is 0 Å². The molecule has 17 heteroatoms. The first-order valence-electron chi connectivity index (χ1n) is 20.6. The second-order valence-electron chi connectivity index (χ2n) is 16.5. The fraction of sp³-hybridized carbons (Fsp3) is 0.370. The molecular formula is C46H56N10O7. The molecule has 3 aromatic carbocycles. The first-order chi connectivity index (χ1) is 29.9. The Hall–Kier alpha value is -7.03. The standard InChI is InChI=1S/C46H56N10O7/c1-25-39(33(50)24-35(52-25)28-8-11-30(12-9-28)46(3,4)5)43(60)54-34(15-16-47)45(62)56(6)40-29-10-13-37(57)31(23-29)32-21-27(7-14-38(32)63-20-18-49)22-36(42(59)51-19-17-48)55-41(58)26(2)53-44(40)61/h7-14,21,23-24,26,34,36,40,57H,15-16,18-20,22,47,49H2,1-6H3,(H2,50,52)(H,51,59)(H,53,61)(H,54,60)(H,55,58). The number of nitrogens with two attached hydrogens (primary N) is 3. The number of aryl methyl sites for hydroxylation is 1. The molecule has 4 aromatic rings. The average Bonchev–Trinajstić information content (AvgIpc) is 3.24. The maximum atomic E-state index is 14.6. The van der Waals surface area contributed by atoms with Gasteiger partial charge in [-0.25, -0.2) is 0 Å². The Morgan fingerprint density at radius 1 is 1.00 bits per heavy atom. The van der Waals surface area contributed by atoms with Gasteiger partial charge < -0.3 is 53.2 Å². The molecule has 5 rings (SSSR count). The number of pyridine rings is 1. The van der Waals surface area contributed by atoms with Gasteiger partial charge >= 0.3 is 0 Å². The summed E-state index contributed by atoms with van der Waals surface area (Å²) in [5.41, 5.74) is 22.6. The van der Waals surface area contributed by atoms with E-state index in [2.05, 4.69) is 47.0 Å². The van der Waals surface area contributed by atoms with Gasteiger partial charge in [0.25, 0.3) is 5.91 Å². The molecule has 0 fully saturated rings. The molecule has 2 heterocycles. The lowest BCUT2D eigenvalue weighted by Gasteiger charge is -2.32. The molecule has 17 nitrogen and oxygen atoms in total. The Bertz CT molecular complexity index is 2380. The van der Waals surface area contributed by atoms with Crippen molar-refractivity contribution in [2.75, 3.05) is 39.0 Å². The largest absolute Gasteiger partial charge is 0.507 e. The molecule has 4 atom stereocenters. The number of aromatic nitrogens is 1. The molecule has 4 bridgehead atoms. The zero-order valence-corrected chi connectivity index (χ0v) is 36.4. The van der Waals surface area contributed by atoms with Crippen molar-refractivity contribution in [3.8, 4) is 40.0 Å². The number of nitriles is 1. The Morgan fingerprint density at radius 3 is 2.35 bits per heavy atom. The number of carbonyl (C=O) groups excluding carboxylic acids is 5. The molecule has 5 amide bonds. The lowest BCUT2D eigenvalue weighted by molar-refractivity contribution is -0.141. The summed E-state index contributed by atoms with van der Waals surface area (Å²) in [7, 11) is 1.37. The molecule has 0 aliphatic carbocycles. The zero-order valence-electron chi connectivity index (χ0n) is 36.4. The van der Waals surface area contributed by atoms with Gasteiger partial charge in [-0.3, -0.25) is 29.0 Å². The molecule has 1 aromatic heterocycles. The minimum absolute atomic E-state index is 0.0246. The van der Waals surface area contributed by atoms with Crippen LogP contribution in [0.3, 0.4) is 0 Å². The second kappa shape index (κ2) is 20.2. The molecule has 0 spiro atoms. The van der Waals surface area contributed by atoms with Crippen LogP contribution in [0.15, 0.2) is 66.7 Å². The smallest absolute Gasteiger partial charge is 0.255 e. The van der Waals surface area contributed by atoms with Crippen molar-refractivity contribution in [3.05, 3.63) is 94.7 Å². The number of benzene rings is 3. The average molecular weight is 861 g/mol. The summed E-state index contributed by atoms with van der Waals surface area (Å²) in [6, 6.07) is 15.6. The molecule has 4 unspecified atom stereocenters. The first-order valence-corrected chi connectivity index (χ1v) is 20.6. The number of carbonyl (C=O) groups is 5. The highest BCUT2D eigenvalue weighted by Crippen LogP contribution is 2.39. The van der Waals surface area contributed by atoms with Gasteiger partial charge in [-0.1, -0.05) is 57.2 Å². The lowest BCUT2D eigenvalue weighted by Crippen LogP contribution is -2.56. The summed E-state index contributed by atoms with van der Waals surface area (Å²) >= 11 is 0. The SMILES string of the molecule is Cc1nc(-c2ccc(C(C)(C)C)cc2)cc(N)c1C(=O)NC(CCN)C(=O)N(C)C1C(=O)NC(C)C(=O)NC(C(=O)NCC#N)Cc2ccc(OCCN)c(c2)-c2cc1ccc2O. The minimum Gasteiger partial charge on any atom is -0.507 e. The van der Waals surface area contributed by atoms with E-state index in [-0.39, 0.29) is 72.6 Å². The summed E-state index contributed by atoms with van der Waals surface area (Å²) in [6.45, 7) is 9.37. The van der Waals surface area contributed by atoms with E-state index in [0.29, 0.717) is 28.3 Å². The molecule has 0 saturated heterocycles. The first kappa shape index (κ1) is 47.0. The fourth-order valence-electron chi connectivity index (χ4n) is 7.36. The van der Waals surface area contributed by atoms with Crippen molar-refractivity contribution in [3.63, 3.8) is 0 Å². The number of anilines is 1. The van der Waals surface area contributed by atoms with Gasteiger partial charge in [0, 0.05) is 42.4 Å². The van der Waals surface area contributed by atoms with E-state index in [0.717, 1.165) is 16.0 Å². The summed E-state index contributed by atoms with van der Waals surface area (Å²) < 4.78 is 5.94. The van der Waals surface area contributed by atoms with Crippen LogP contribution in [-0.2, 0) is 31.0 Å². The van der Waals surface area contributed by atoms with E-state index in [1.807, 2.05) is 30.3 Å². The molecule has 0 saturated carbocycles. The highest BCUT2D eigenvalue weighted by atomic mass is 16.5. The van der Waals surface area contributed by atoms with Crippen LogP contribution in [0, 0.1) is 18.3 Å². The Morgan fingerprint density at radius 2 is 1.71 bits per heavy atom. The van der Waals surface area contributed by atoms with Crippen LogP contribution in [0.2, 0.25) is 0 Å². The number of phenolic OH excluding ortho intramolecular Hbond substituents is 1. The maximum absolute atomic E-state index is 14.6. The summed E-state index contributed by atoms with van der Waals surface area (Å²) in [6.07, 6.45) is -0.0589. The van der Waals surface area contributed by atoms with Crippen LogP contribution in [0.5, 0.6) is 11.5 Å². The van der Waals surface area contributed by atoms with Crippen molar-refractivity contribution in [1.82, 2.24) is 31.2 Å². The third-order valence-electron chi connectivity index (χ3n) is 10.8. The quantitative estimate of drug-likeness (QED) is 0.0955. The van der Waals surface area contributed by atoms with Crippen LogP contribution >= 0.6 is 0 Å². The van der Waals surface area contributed by atoms with Crippen LogP contribution < -0.4 is 43.2 Å². The van der Waals surface area contributed by atoms with Crippen molar-refractivity contribution < 1.29 is 33.8 Å². The zero-order chi connectivity index (χ0) is 46.2. The molecule has 11 N–H and O–H groups in total. The van der Waals surface area contributed by atoms with Crippen molar-refractivity contribution in [2.24, 2.45) is 11.5 Å². The van der Waals surface area contributed by atoms with Crippen molar-refractivity contribution in [2.45, 2.75) is 77.0 Å². The number of aromatic hydroxyl groups is 1. The number of hydrogen-bond donors (Lipinski definition) is 8. The topological polar surface area (TPSA) is 281 Å². The van der Waals surface area contributed by atoms with E-state index >= 15 is 0 Å². The lowest BCUT2D eigenvalue weighted by atomic mass is 9.86. The number of likely N-dealkylation sites (N-methyl/N-ethyl adjacent to an activating group) is 1. The Balaban J connectivity index is 1.53. The van der Waals surface area contributed by atoms with Crippen molar-refractivity contribution >= 4 is 35.2 Å². The molecule has 1 aliphatic rings. The number of nitrogens with one attached hydrogen (secondary N) is 4. The highest BCUT2D eigenvalue weighted by Gasteiger charge is 2.36. The summed E-state index contributed by atoms with van der Waals surface area (Å²) in [4.78, 5) is 75.6. The highest BCUT2D eigenvalue weighted by molar-refractivity contribution is 6.03. The van der Waals surface area contributed by atoms with E-state index in [1.165, 1.54) is 32.2 Å². The van der Waals surface area contributed by atoms with Crippen LogP contribution in [0.4, 0.5) is 5.69 Å². The predicted molar refractivity (Wildman–Crippen MR) is 238 cm³/mol. The van der Waals surface area contributed by atoms with E-state index in [4.69, 9.17) is 27.2 Å². The second-order valence-corrected chi connectivity index (χ2v) is 16.5.